The predicted octanol–water partition coefficient (Wildman–Crippen LogP) is 4.62. The van der Waals surface area contributed by atoms with Crippen molar-refractivity contribution < 1.29 is 14.3 Å². The van der Waals surface area contributed by atoms with Gasteiger partial charge in [-0.05, 0) is 74.0 Å². The van der Waals surface area contributed by atoms with Crippen LogP contribution >= 0.6 is 0 Å². The Labute approximate surface area is 188 Å². The molecular weight excluding hydrogens is 404 g/mol. The molecule has 2 N–H and O–H groups in total. The number of carbonyl (C=O) groups is 1. The lowest BCUT2D eigenvalue weighted by Gasteiger charge is -2.29. The minimum Gasteiger partial charge on any atom is -0.494 e. The number of aromatic nitrogens is 1. The summed E-state index contributed by atoms with van der Waals surface area (Å²) in [6.07, 6.45) is 1.66. The van der Waals surface area contributed by atoms with Gasteiger partial charge in [-0.3, -0.25) is 4.79 Å². The van der Waals surface area contributed by atoms with Crippen molar-refractivity contribution in [2.24, 2.45) is 0 Å². The van der Waals surface area contributed by atoms with E-state index in [1.54, 1.807) is 18.3 Å². The highest BCUT2D eigenvalue weighted by Crippen LogP contribution is 2.26. The largest absolute Gasteiger partial charge is 0.494 e. The molecule has 1 aliphatic heterocycles. The molecule has 7 heteroatoms. The number of anilines is 4. The normalized spacial score (nSPS) is 13.5. The first-order chi connectivity index (χ1) is 15.6. The van der Waals surface area contributed by atoms with Crippen LogP contribution in [0.25, 0.3) is 0 Å². The van der Waals surface area contributed by atoms with Crippen LogP contribution in [0.3, 0.4) is 0 Å². The summed E-state index contributed by atoms with van der Waals surface area (Å²) in [5.74, 6) is 1.08. The number of rotatable bonds is 7. The Bertz CT molecular complexity index is 1060. The van der Waals surface area contributed by atoms with E-state index in [1.807, 2.05) is 50.2 Å². The summed E-state index contributed by atoms with van der Waals surface area (Å²) in [6, 6.07) is 17.2. The number of hydrogen-bond donors (Lipinski definition) is 2. The van der Waals surface area contributed by atoms with Gasteiger partial charge in [0.15, 0.2) is 0 Å². The van der Waals surface area contributed by atoms with E-state index in [9.17, 15) is 4.79 Å². The van der Waals surface area contributed by atoms with Crippen LogP contribution in [0.1, 0.15) is 22.8 Å². The van der Waals surface area contributed by atoms with Gasteiger partial charge in [-0.15, -0.1) is 0 Å². The van der Waals surface area contributed by atoms with Crippen LogP contribution in [0, 0.1) is 6.92 Å². The lowest BCUT2D eigenvalue weighted by atomic mass is 10.1. The van der Waals surface area contributed by atoms with Gasteiger partial charge in [0.1, 0.15) is 11.6 Å². The van der Waals surface area contributed by atoms with Crippen molar-refractivity contribution in [2.75, 3.05) is 48.4 Å². The van der Waals surface area contributed by atoms with Gasteiger partial charge >= 0.3 is 0 Å². The number of hydrogen-bond acceptors (Lipinski definition) is 6. The van der Waals surface area contributed by atoms with Crippen LogP contribution in [0.5, 0.6) is 5.75 Å². The Morgan fingerprint density at radius 3 is 2.62 bits per heavy atom. The molecule has 1 aromatic heterocycles. The summed E-state index contributed by atoms with van der Waals surface area (Å²) < 4.78 is 10.9. The van der Waals surface area contributed by atoms with E-state index in [0.29, 0.717) is 18.0 Å². The number of amides is 1. The highest BCUT2D eigenvalue weighted by Gasteiger charge is 2.16. The Balaban J connectivity index is 1.48. The molecule has 1 fully saturated rings. The molecule has 0 saturated carbocycles. The highest BCUT2D eigenvalue weighted by molar-refractivity contribution is 6.08. The summed E-state index contributed by atoms with van der Waals surface area (Å²) in [7, 11) is 0. The zero-order valence-corrected chi connectivity index (χ0v) is 18.4. The molecule has 0 radical (unpaired) electrons. The SMILES string of the molecule is CCOc1ccc(Nc2ncccc2C(=O)Nc2ccc(N3CCOCC3)cc2C)cc1. The number of aryl methyl sites for hydroxylation is 1. The monoisotopic (exact) mass is 432 g/mol. The molecule has 4 rings (SSSR count). The van der Waals surface area contributed by atoms with Crippen LogP contribution in [0.15, 0.2) is 60.8 Å². The van der Waals surface area contributed by atoms with Crippen LogP contribution in [0.2, 0.25) is 0 Å². The van der Waals surface area contributed by atoms with Crippen molar-refractivity contribution in [1.29, 1.82) is 0 Å². The third-order valence-electron chi connectivity index (χ3n) is 5.31. The fourth-order valence-corrected chi connectivity index (χ4v) is 3.62. The summed E-state index contributed by atoms with van der Waals surface area (Å²) in [6.45, 7) is 7.79. The average molecular weight is 433 g/mol. The number of ether oxygens (including phenoxy) is 2. The zero-order valence-electron chi connectivity index (χ0n) is 18.4. The first-order valence-electron chi connectivity index (χ1n) is 10.8. The summed E-state index contributed by atoms with van der Waals surface area (Å²) >= 11 is 0. The minimum atomic E-state index is -0.214. The van der Waals surface area contributed by atoms with E-state index in [4.69, 9.17) is 9.47 Å². The van der Waals surface area contributed by atoms with Gasteiger partial charge in [-0.1, -0.05) is 0 Å². The molecule has 2 heterocycles. The van der Waals surface area contributed by atoms with E-state index in [-0.39, 0.29) is 5.91 Å². The maximum Gasteiger partial charge on any atom is 0.259 e. The Morgan fingerprint density at radius 1 is 1.12 bits per heavy atom. The van der Waals surface area contributed by atoms with Gasteiger partial charge in [0.05, 0.1) is 25.4 Å². The molecule has 0 bridgehead atoms. The van der Waals surface area contributed by atoms with Crippen LogP contribution < -0.4 is 20.3 Å². The number of carbonyl (C=O) groups excluding carboxylic acids is 1. The number of benzene rings is 2. The molecule has 3 aromatic rings. The van der Waals surface area contributed by atoms with Crippen LogP contribution in [0.4, 0.5) is 22.9 Å². The number of nitrogens with zero attached hydrogens (tertiary/aromatic N) is 2. The van der Waals surface area contributed by atoms with Crippen LogP contribution in [-0.4, -0.2) is 43.8 Å². The molecule has 1 saturated heterocycles. The third kappa shape index (κ3) is 5.18. The summed E-state index contributed by atoms with van der Waals surface area (Å²) in [5, 5.41) is 6.26. The minimum absolute atomic E-state index is 0.214. The molecule has 166 valence electrons. The average Bonchev–Trinajstić information content (AvgIpc) is 2.83. The molecule has 32 heavy (non-hydrogen) atoms. The summed E-state index contributed by atoms with van der Waals surface area (Å²) in [4.78, 5) is 19.7. The second kappa shape index (κ2) is 10.2. The van der Waals surface area contributed by atoms with Crippen molar-refractivity contribution in [3.05, 3.63) is 71.9 Å². The lowest BCUT2D eigenvalue weighted by Crippen LogP contribution is -2.36. The third-order valence-corrected chi connectivity index (χ3v) is 5.31. The summed E-state index contributed by atoms with van der Waals surface area (Å²) in [5.41, 5.74) is 4.23. The molecule has 1 aliphatic rings. The molecule has 7 nitrogen and oxygen atoms in total. The van der Waals surface area contributed by atoms with E-state index in [0.717, 1.165) is 54.7 Å². The Kier molecular flexibility index (Phi) is 6.87. The van der Waals surface area contributed by atoms with Gasteiger partial charge in [0, 0.05) is 36.3 Å². The number of nitrogens with one attached hydrogen (secondary N) is 2. The topological polar surface area (TPSA) is 75.7 Å². The van der Waals surface area contributed by atoms with Gasteiger partial charge in [0.2, 0.25) is 0 Å². The fraction of sp³-hybridized carbons (Fsp3) is 0.280. The molecule has 0 unspecified atom stereocenters. The standard InChI is InChI=1S/C25H28N4O3/c1-3-32-21-9-6-19(7-10-21)27-24-22(5-4-12-26-24)25(30)28-23-11-8-20(17-18(23)2)29-13-15-31-16-14-29/h4-12,17H,3,13-16H2,1-2H3,(H,26,27)(H,28,30). The highest BCUT2D eigenvalue weighted by atomic mass is 16.5. The fourth-order valence-electron chi connectivity index (χ4n) is 3.62. The van der Waals surface area contributed by atoms with E-state index >= 15 is 0 Å². The maximum absolute atomic E-state index is 13.1. The zero-order chi connectivity index (χ0) is 22.3. The van der Waals surface area contributed by atoms with E-state index in [2.05, 4.69) is 26.6 Å². The van der Waals surface area contributed by atoms with Gasteiger partial charge in [-0.2, -0.15) is 0 Å². The lowest BCUT2D eigenvalue weighted by molar-refractivity contribution is 0.102. The first kappa shape index (κ1) is 21.6. The van der Waals surface area contributed by atoms with Crippen molar-refractivity contribution in [3.8, 4) is 5.75 Å². The second-order valence-corrected chi connectivity index (χ2v) is 7.53. The number of pyridine rings is 1. The molecule has 0 spiro atoms. The van der Waals surface area contributed by atoms with Crippen molar-refractivity contribution in [2.45, 2.75) is 13.8 Å². The molecule has 2 aromatic carbocycles. The number of morpholine rings is 1. The van der Waals surface area contributed by atoms with Crippen molar-refractivity contribution in [3.63, 3.8) is 0 Å². The smallest absolute Gasteiger partial charge is 0.259 e. The van der Waals surface area contributed by atoms with Gasteiger partial charge in [-0.25, -0.2) is 4.98 Å². The van der Waals surface area contributed by atoms with Crippen molar-refractivity contribution in [1.82, 2.24) is 4.98 Å². The molecular formula is C25H28N4O3. The van der Waals surface area contributed by atoms with Gasteiger partial charge in [0.25, 0.3) is 5.91 Å². The second-order valence-electron chi connectivity index (χ2n) is 7.53. The molecule has 0 atom stereocenters. The predicted molar refractivity (Wildman–Crippen MR) is 127 cm³/mol. The molecule has 1 amide bonds. The Morgan fingerprint density at radius 2 is 1.91 bits per heavy atom. The van der Waals surface area contributed by atoms with Gasteiger partial charge < -0.3 is 25.0 Å². The Hall–Kier alpha value is -3.58. The van der Waals surface area contributed by atoms with E-state index < -0.39 is 0 Å². The quantitative estimate of drug-likeness (QED) is 0.567. The van der Waals surface area contributed by atoms with E-state index in [1.165, 1.54) is 0 Å². The first-order valence-corrected chi connectivity index (χ1v) is 10.8. The molecule has 0 aliphatic carbocycles. The van der Waals surface area contributed by atoms with Crippen LogP contribution in [-0.2, 0) is 4.74 Å². The van der Waals surface area contributed by atoms with Crippen molar-refractivity contribution >= 4 is 28.8 Å². The maximum atomic E-state index is 13.1.